The van der Waals surface area contributed by atoms with Crippen LogP contribution < -0.4 is 5.32 Å². The highest BCUT2D eigenvalue weighted by molar-refractivity contribution is 4.94. The van der Waals surface area contributed by atoms with Gasteiger partial charge in [0.1, 0.15) is 0 Å². The third-order valence-electron chi connectivity index (χ3n) is 4.21. The smallest absolute Gasteiger partial charge is 0.000793 e. The molecule has 1 heteroatoms. The van der Waals surface area contributed by atoms with Crippen molar-refractivity contribution in [2.75, 3.05) is 13.1 Å². The van der Waals surface area contributed by atoms with Crippen LogP contribution in [-0.2, 0) is 0 Å². The van der Waals surface area contributed by atoms with E-state index in [0.29, 0.717) is 0 Å². The summed E-state index contributed by atoms with van der Waals surface area (Å²) in [7, 11) is 0. The molecule has 1 unspecified atom stereocenters. The molecular formula is C15H31N. The van der Waals surface area contributed by atoms with Crippen molar-refractivity contribution >= 4 is 0 Å². The van der Waals surface area contributed by atoms with E-state index in [0.717, 1.165) is 11.3 Å². The SMILES string of the molecule is CCCCC(CC)CNCC1(CCC)CC1. The van der Waals surface area contributed by atoms with Gasteiger partial charge < -0.3 is 5.32 Å². The molecular weight excluding hydrogens is 194 g/mol. The van der Waals surface area contributed by atoms with Crippen molar-refractivity contribution in [2.45, 2.75) is 72.1 Å². The van der Waals surface area contributed by atoms with Gasteiger partial charge in [0, 0.05) is 6.54 Å². The summed E-state index contributed by atoms with van der Waals surface area (Å²) in [5, 5.41) is 3.73. The van der Waals surface area contributed by atoms with Crippen LogP contribution >= 0.6 is 0 Å². The topological polar surface area (TPSA) is 12.0 Å². The number of nitrogens with one attached hydrogen (secondary N) is 1. The lowest BCUT2D eigenvalue weighted by Gasteiger charge is -2.19. The van der Waals surface area contributed by atoms with E-state index >= 15 is 0 Å². The van der Waals surface area contributed by atoms with Crippen molar-refractivity contribution in [2.24, 2.45) is 11.3 Å². The van der Waals surface area contributed by atoms with Gasteiger partial charge in [-0.15, -0.1) is 0 Å². The lowest BCUT2D eigenvalue weighted by Crippen LogP contribution is -2.29. The molecule has 0 aromatic heterocycles. The minimum Gasteiger partial charge on any atom is -0.316 e. The predicted molar refractivity (Wildman–Crippen MR) is 72.8 cm³/mol. The van der Waals surface area contributed by atoms with Gasteiger partial charge in [-0.25, -0.2) is 0 Å². The van der Waals surface area contributed by atoms with Crippen LogP contribution in [0, 0.1) is 11.3 Å². The van der Waals surface area contributed by atoms with E-state index in [1.54, 1.807) is 0 Å². The standard InChI is InChI=1S/C15H31N/c1-4-7-8-14(6-3)12-16-13-15(9-5-2)10-11-15/h14,16H,4-13H2,1-3H3. The molecule has 16 heavy (non-hydrogen) atoms. The molecule has 0 aliphatic heterocycles. The van der Waals surface area contributed by atoms with Crippen molar-refractivity contribution < 1.29 is 0 Å². The Labute approximate surface area is 102 Å². The maximum atomic E-state index is 3.73. The molecule has 0 radical (unpaired) electrons. The molecule has 0 aromatic carbocycles. The van der Waals surface area contributed by atoms with E-state index in [4.69, 9.17) is 0 Å². The van der Waals surface area contributed by atoms with Gasteiger partial charge in [-0.1, -0.05) is 46.5 Å². The monoisotopic (exact) mass is 225 g/mol. The fourth-order valence-corrected chi connectivity index (χ4v) is 2.71. The Morgan fingerprint density at radius 3 is 2.38 bits per heavy atom. The van der Waals surface area contributed by atoms with Crippen molar-refractivity contribution in [1.29, 1.82) is 0 Å². The van der Waals surface area contributed by atoms with Crippen LogP contribution in [0.4, 0.5) is 0 Å². The molecule has 1 aliphatic carbocycles. The average molecular weight is 225 g/mol. The van der Waals surface area contributed by atoms with Crippen molar-refractivity contribution in [3.8, 4) is 0 Å². The third-order valence-corrected chi connectivity index (χ3v) is 4.21. The quantitative estimate of drug-likeness (QED) is 0.582. The second kappa shape index (κ2) is 7.32. The van der Waals surface area contributed by atoms with Crippen LogP contribution in [0.25, 0.3) is 0 Å². The molecule has 1 atom stereocenters. The highest BCUT2D eigenvalue weighted by Gasteiger charge is 2.40. The van der Waals surface area contributed by atoms with Gasteiger partial charge in [0.15, 0.2) is 0 Å². The Morgan fingerprint density at radius 2 is 1.88 bits per heavy atom. The Hall–Kier alpha value is -0.0400. The van der Waals surface area contributed by atoms with Crippen molar-refractivity contribution in [3.05, 3.63) is 0 Å². The van der Waals surface area contributed by atoms with Gasteiger partial charge in [-0.2, -0.15) is 0 Å². The lowest BCUT2D eigenvalue weighted by molar-refractivity contribution is 0.369. The summed E-state index contributed by atoms with van der Waals surface area (Å²) in [6.07, 6.45) is 11.2. The average Bonchev–Trinajstić information content (AvgIpc) is 3.04. The fraction of sp³-hybridized carbons (Fsp3) is 1.00. The third kappa shape index (κ3) is 4.86. The van der Waals surface area contributed by atoms with E-state index in [1.165, 1.54) is 64.5 Å². The van der Waals surface area contributed by atoms with Gasteiger partial charge in [-0.3, -0.25) is 0 Å². The number of unbranched alkanes of at least 4 members (excludes halogenated alkanes) is 1. The first-order valence-electron chi connectivity index (χ1n) is 7.47. The highest BCUT2D eigenvalue weighted by Crippen LogP contribution is 2.48. The van der Waals surface area contributed by atoms with Gasteiger partial charge in [0.2, 0.25) is 0 Å². The summed E-state index contributed by atoms with van der Waals surface area (Å²) in [5.74, 6) is 0.914. The zero-order valence-electron chi connectivity index (χ0n) is 11.6. The van der Waals surface area contributed by atoms with Crippen molar-refractivity contribution in [1.82, 2.24) is 5.32 Å². The summed E-state index contributed by atoms with van der Waals surface area (Å²) >= 11 is 0. The lowest BCUT2D eigenvalue weighted by atomic mass is 9.97. The first-order valence-corrected chi connectivity index (χ1v) is 7.47. The molecule has 0 aromatic rings. The molecule has 1 nitrogen and oxygen atoms in total. The maximum absolute atomic E-state index is 3.73. The Balaban J connectivity index is 2.08. The first-order chi connectivity index (χ1) is 7.76. The largest absolute Gasteiger partial charge is 0.316 e. The molecule has 1 saturated carbocycles. The second-order valence-electron chi connectivity index (χ2n) is 5.80. The van der Waals surface area contributed by atoms with E-state index in [2.05, 4.69) is 26.1 Å². The minimum atomic E-state index is 0.720. The molecule has 96 valence electrons. The molecule has 0 saturated heterocycles. The van der Waals surface area contributed by atoms with Crippen molar-refractivity contribution in [3.63, 3.8) is 0 Å². The predicted octanol–water partition coefficient (Wildman–Crippen LogP) is 4.37. The molecule has 0 heterocycles. The van der Waals surface area contributed by atoms with Gasteiger partial charge in [0.25, 0.3) is 0 Å². The summed E-state index contributed by atoms with van der Waals surface area (Å²) in [5.41, 5.74) is 0.720. The summed E-state index contributed by atoms with van der Waals surface area (Å²) < 4.78 is 0. The Kier molecular flexibility index (Phi) is 6.41. The minimum absolute atomic E-state index is 0.720. The van der Waals surface area contributed by atoms with Crippen LogP contribution in [0.3, 0.4) is 0 Å². The van der Waals surface area contributed by atoms with Gasteiger partial charge in [0.05, 0.1) is 0 Å². The van der Waals surface area contributed by atoms with Crippen LogP contribution in [0.2, 0.25) is 0 Å². The molecule has 0 bridgehead atoms. The van der Waals surface area contributed by atoms with Crippen LogP contribution in [0.5, 0.6) is 0 Å². The molecule has 1 fully saturated rings. The van der Waals surface area contributed by atoms with Gasteiger partial charge >= 0.3 is 0 Å². The molecule has 1 N–H and O–H groups in total. The van der Waals surface area contributed by atoms with E-state index in [1.807, 2.05) is 0 Å². The highest BCUT2D eigenvalue weighted by atomic mass is 14.9. The molecule has 1 aliphatic rings. The van der Waals surface area contributed by atoms with E-state index in [9.17, 15) is 0 Å². The van der Waals surface area contributed by atoms with Gasteiger partial charge in [-0.05, 0) is 43.6 Å². The summed E-state index contributed by atoms with van der Waals surface area (Å²) in [4.78, 5) is 0. The zero-order valence-corrected chi connectivity index (χ0v) is 11.6. The summed E-state index contributed by atoms with van der Waals surface area (Å²) in [6, 6.07) is 0. The molecule has 1 rings (SSSR count). The Bertz CT molecular complexity index is 172. The summed E-state index contributed by atoms with van der Waals surface area (Å²) in [6.45, 7) is 9.48. The Morgan fingerprint density at radius 1 is 1.12 bits per heavy atom. The number of rotatable bonds is 10. The van der Waals surface area contributed by atoms with E-state index < -0.39 is 0 Å². The zero-order chi connectivity index (χ0) is 11.9. The van der Waals surface area contributed by atoms with Crippen LogP contribution in [0.15, 0.2) is 0 Å². The first kappa shape index (κ1) is 14.0. The molecule has 0 amide bonds. The van der Waals surface area contributed by atoms with Crippen LogP contribution in [0.1, 0.15) is 72.1 Å². The maximum Gasteiger partial charge on any atom is 0.000793 e. The number of hydrogen-bond acceptors (Lipinski definition) is 1. The fourth-order valence-electron chi connectivity index (χ4n) is 2.71. The normalized spacial score (nSPS) is 19.7. The van der Waals surface area contributed by atoms with Crippen LogP contribution in [-0.4, -0.2) is 13.1 Å². The second-order valence-corrected chi connectivity index (χ2v) is 5.80. The van der Waals surface area contributed by atoms with E-state index in [-0.39, 0.29) is 0 Å². The number of hydrogen-bond donors (Lipinski definition) is 1. The molecule has 0 spiro atoms.